The third kappa shape index (κ3) is 2.67. The molecule has 0 aliphatic rings. The van der Waals surface area contributed by atoms with E-state index in [0.29, 0.717) is 27.1 Å². The van der Waals surface area contributed by atoms with Crippen LogP contribution in [-0.4, -0.2) is 16.1 Å². The summed E-state index contributed by atoms with van der Waals surface area (Å²) in [5, 5.41) is 10.0. The van der Waals surface area contributed by atoms with E-state index in [-0.39, 0.29) is 5.69 Å². The van der Waals surface area contributed by atoms with Gasteiger partial charge < -0.3 is 11.1 Å². The van der Waals surface area contributed by atoms with Crippen LogP contribution in [0.15, 0.2) is 12.1 Å². The summed E-state index contributed by atoms with van der Waals surface area (Å²) in [7, 11) is 0. The van der Waals surface area contributed by atoms with Crippen LogP contribution in [0.3, 0.4) is 0 Å². The van der Waals surface area contributed by atoms with Gasteiger partial charge in [-0.05, 0) is 31.5 Å². The van der Waals surface area contributed by atoms with Crippen LogP contribution in [0.1, 0.15) is 21.7 Å². The zero-order valence-corrected chi connectivity index (χ0v) is 11.9. The number of nitrogens with two attached hydrogens (primary N) is 1. The van der Waals surface area contributed by atoms with Crippen molar-refractivity contribution in [3.05, 3.63) is 39.1 Å². The van der Waals surface area contributed by atoms with Crippen LogP contribution < -0.4 is 11.1 Å². The first kappa shape index (κ1) is 13.7. The summed E-state index contributed by atoms with van der Waals surface area (Å²) in [4.78, 5) is 12.0. The summed E-state index contributed by atoms with van der Waals surface area (Å²) in [6, 6.07) is 3.27. The first-order valence-electron chi connectivity index (χ1n) is 5.47. The number of aromatic nitrogens is 2. The molecule has 0 fully saturated rings. The van der Waals surface area contributed by atoms with E-state index >= 15 is 0 Å². The van der Waals surface area contributed by atoms with Crippen molar-refractivity contribution in [1.29, 1.82) is 0 Å². The average molecular weight is 299 g/mol. The van der Waals surface area contributed by atoms with Gasteiger partial charge in [-0.15, -0.1) is 0 Å². The van der Waals surface area contributed by atoms with Crippen molar-refractivity contribution in [3.63, 3.8) is 0 Å². The average Bonchev–Trinajstić information content (AvgIpc) is 2.67. The maximum absolute atomic E-state index is 12.0. The van der Waals surface area contributed by atoms with Gasteiger partial charge in [0.15, 0.2) is 5.69 Å². The minimum Gasteiger partial charge on any atom is -0.395 e. The number of hydrogen-bond donors (Lipinski definition) is 3. The molecule has 2 aromatic rings. The number of H-pyrrole nitrogens is 1. The van der Waals surface area contributed by atoms with E-state index in [9.17, 15) is 4.79 Å². The van der Waals surface area contributed by atoms with E-state index in [1.54, 1.807) is 19.1 Å². The number of halogens is 2. The van der Waals surface area contributed by atoms with Gasteiger partial charge >= 0.3 is 0 Å². The SMILES string of the molecule is Cc1cc(Cl)c(NC(=O)c2n[nH]c(C)c2N)cc1Cl. The second kappa shape index (κ2) is 5.11. The molecule has 0 aliphatic carbocycles. The number of nitrogen functional groups attached to an aromatic ring is 1. The number of anilines is 2. The number of aromatic amines is 1. The molecule has 19 heavy (non-hydrogen) atoms. The Balaban J connectivity index is 2.29. The molecule has 0 aliphatic heterocycles. The van der Waals surface area contributed by atoms with Crippen molar-refractivity contribution in [3.8, 4) is 0 Å². The van der Waals surface area contributed by atoms with E-state index in [0.717, 1.165) is 5.56 Å². The Hall–Kier alpha value is -1.72. The van der Waals surface area contributed by atoms with Crippen LogP contribution in [0.5, 0.6) is 0 Å². The highest BCUT2D eigenvalue weighted by Gasteiger charge is 2.17. The Morgan fingerprint density at radius 1 is 1.32 bits per heavy atom. The fraction of sp³-hybridized carbons (Fsp3) is 0.167. The summed E-state index contributed by atoms with van der Waals surface area (Å²) < 4.78 is 0. The minimum absolute atomic E-state index is 0.130. The second-order valence-corrected chi connectivity index (χ2v) is 4.96. The zero-order valence-electron chi connectivity index (χ0n) is 10.3. The fourth-order valence-electron chi connectivity index (χ4n) is 1.53. The molecule has 5 nitrogen and oxygen atoms in total. The first-order valence-corrected chi connectivity index (χ1v) is 6.23. The molecule has 7 heteroatoms. The zero-order chi connectivity index (χ0) is 14.2. The van der Waals surface area contributed by atoms with Crippen molar-refractivity contribution in [2.24, 2.45) is 0 Å². The standard InChI is InChI=1S/C12H12Cl2N4O/c1-5-3-8(14)9(4-7(5)13)16-12(19)11-10(15)6(2)17-18-11/h3-4H,15H2,1-2H3,(H,16,19)(H,17,18). The predicted octanol–water partition coefficient (Wildman–Crippen LogP) is 3.17. The molecule has 0 radical (unpaired) electrons. The quantitative estimate of drug-likeness (QED) is 0.796. The Kier molecular flexibility index (Phi) is 3.68. The topological polar surface area (TPSA) is 83.8 Å². The van der Waals surface area contributed by atoms with Gasteiger partial charge in [-0.25, -0.2) is 0 Å². The van der Waals surface area contributed by atoms with Gasteiger partial charge in [0.2, 0.25) is 0 Å². The molecule has 100 valence electrons. The number of hydrogen-bond acceptors (Lipinski definition) is 3. The Labute approximate surface area is 120 Å². The van der Waals surface area contributed by atoms with Crippen molar-refractivity contribution < 1.29 is 4.79 Å². The van der Waals surface area contributed by atoms with Crippen LogP contribution in [0.4, 0.5) is 11.4 Å². The van der Waals surface area contributed by atoms with Gasteiger partial charge in [-0.2, -0.15) is 5.10 Å². The molecule has 4 N–H and O–H groups in total. The van der Waals surface area contributed by atoms with E-state index in [2.05, 4.69) is 15.5 Å². The molecule has 0 saturated heterocycles. The summed E-state index contributed by atoms with van der Waals surface area (Å²) in [6.07, 6.45) is 0. The number of amides is 1. The molecular weight excluding hydrogens is 287 g/mol. The molecule has 1 aromatic heterocycles. The summed E-state index contributed by atoms with van der Waals surface area (Å²) in [5.74, 6) is -0.441. The van der Waals surface area contributed by atoms with Crippen molar-refractivity contribution >= 4 is 40.5 Å². The third-order valence-electron chi connectivity index (χ3n) is 2.71. The van der Waals surface area contributed by atoms with Crippen LogP contribution in [-0.2, 0) is 0 Å². The highest BCUT2D eigenvalue weighted by Crippen LogP contribution is 2.29. The lowest BCUT2D eigenvalue weighted by Gasteiger charge is -2.08. The summed E-state index contributed by atoms with van der Waals surface area (Å²) in [5.41, 5.74) is 8.07. The first-order chi connectivity index (χ1) is 8.90. The number of nitrogens with one attached hydrogen (secondary N) is 2. The van der Waals surface area contributed by atoms with Gasteiger partial charge in [0.25, 0.3) is 5.91 Å². The van der Waals surface area contributed by atoms with E-state index in [1.807, 2.05) is 6.92 Å². The molecule has 0 bridgehead atoms. The lowest BCUT2D eigenvalue weighted by molar-refractivity contribution is 0.102. The number of nitrogens with zero attached hydrogens (tertiary/aromatic N) is 1. The van der Waals surface area contributed by atoms with Crippen molar-refractivity contribution in [1.82, 2.24) is 10.2 Å². The van der Waals surface area contributed by atoms with Gasteiger partial charge in [-0.1, -0.05) is 23.2 Å². The molecule has 0 atom stereocenters. The van der Waals surface area contributed by atoms with Crippen LogP contribution in [0.25, 0.3) is 0 Å². The van der Waals surface area contributed by atoms with Gasteiger partial charge in [0, 0.05) is 5.02 Å². The highest BCUT2D eigenvalue weighted by molar-refractivity contribution is 6.36. The predicted molar refractivity (Wildman–Crippen MR) is 76.9 cm³/mol. The van der Waals surface area contributed by atoms with Gasteiger partial charge in [-0.3, -0.25) is 9.89 Å². The highest BCUT2D eigenvalue weighted by atomic mass is 35.5. The smallest absolute Gasteiger partial charge is 0.278 e. The molecule has 1 heterocycles. The van der Waals surface area contributed by atoms with E-state index in [4.69, 9.17) is 28.9 Å². The minimum atomic E-state index is -0.441. The normalized spacial score (nSPS) is 10.5. The van der Waals surface area contributed by atoms with Crippen molar-refractivity contribution in [2.45, 2.75) is 13.8 Å². The molecular formula is C12H12Cl2N4O. The molecule has 2 rings (SSSR count). The van der Waals surface area contributed by atoms with Crippen molar-refractivity contribution in [2.75, 3.05) is 11.1 Å². The Morgan fingerprint density at radius 3 is 2.58 bits per heavy atom. The largest absolute Gasteiger partial charge is 0.395 e. The summed E-state index contributed by atoms with van der Waals surface area (Å²) >= 11 is 12.0. The maximum Gasteiger partial charge on any atom is 0.278 e. The van der Waals surface area contributed by atoms with Crippen LogP contribution in [0.2, 0.25) is 10.0 Å². The number of carbonyl (C=O) groups excluding carboxylic acids is 1. The lowest BCUT2D eigenvalue weighted by Crippen LogP contribution is -2.14. The number of benzene rings is 1. The number of aryl methyl sites for hydroxylation is 2. The third-order valence-corrected chi connectivity index (χ3v) is 3.43. The summed E-state index contributed by atoms with van der Waals surface area (Å²) in [6.45, 7) is 3.56. The lowest BCUT2D eigenvalue weighted by atomic mass is 10.2. The molecule has 0 unspecified atom stereocenters. The van der Waals surface area contributed by atoms with E-state index < -0.39 is 5.91 Å². The Morgan fingerprint density at radius 2 is 2.00 bits per heavy atom. The maximum atomic E-state index is 12.0. The second-order valence-electron chi connectivity index (χ2n) is 4.15. The fourth-order valence-corrected chi connectivity index (χ4v) is 1.96. The monoisotopic (exact) mass is 298 g/mol. The molecule has 1 aromatic carbocycles. The molecule has 0 saturated carbocycles. The Bertz CT molecular complexity index is 651. The van der Waals surface area contributed by atoms with Crippen LogP contribution >= 0.6 is 23.2 Å². The van der Waals surface area contributed by atoms with Gasteiger partial charge in [0.1, 0.15) is 0 Å². The van der Waals surface area contributed by atoms with Crippen LogP contribution in [0, 0.1) is 13.8 Å². The molecule has 1 amide bonds. The van der Waals surface area contributed by atoms with Gasteiger partial charge in [0.05, 0.1) is 22.1 Å². The molecule has 0 spiro atoms. The number of rotatable bonds is 2. The van der Waals surface area contributed by atoms with E-state index in [1.165, 1.54) is 0 Å². The number of carbonyl (C=O) groups is 1.